The molecule has 0 aliphatic rings. The standard InChI is InChI=1S/C15H32OS/c1-4-5-6-7-8-9-10-12-15(2,16-3)13-11-14-17/h17H,4-14H2,1-3H3. The minimum atomic E-state index is 0.0894. The van der Waals surface area contributed by atoms with Crippen molar-refractivity contribution in [2.24, 2.45) is 0 Å². The minimum Gasteiger partial charge on any atom is -0.379 e. The van der Waals surface area contributed by atoms with Gasteiger partial charge in [0.2, 0.25) is 0 Å². The molecule has 0 saturated carbocycles. The van der Waals surface area contributed by atoms with Gasteiger partial charge in [0.15, 0.2) is 0 Å². The fraction of sp³-hybridized carbons (Fsp3) is 1.00. The highest BCUT2D eigenvalue weighted by Gasteiger charge is 2.21. The summed E-state index contributed by atoms with van der Waals surface area (Å²) in [6.45, 7) is 4.51. The van der Waals surface area contributed by atoms with Gasteiger partial charge in [-0.1, -0.05) is 51.9 Å². The monoisotopic (exact) mass is 260 g/mol. The van der Waals surface area contributed by atoms with Crippen LogP contribution in [0, 0.1) is 0 Å². The number of hydrogen-bond acceptors (Lipinski definition) is 2. The third kappa shape index (κ3) is 9.96. The van der Waals surface area contributed by atoms with Crippen LogP contribution >= 0.6 is 12.6 Å². The molecule has 0 saturated heterocycles. The molecule has 0 heterocycles. The Morgan fingerprint density at radius 3 is 1.94 bits per heavy atom. The van der Waals surface area contributed by atoms with Crippen molar-refractivity contribution < 1.29 is 4.74 Å². The van der Waals surface area contributed by atoms with Gasteiger partial charge in [0, 0.05) is 7.11 Å². The Kier molecular flexibility index (Phi) is 11.6. The van der Waals surface area contributed by atoms with Crippen molar-refractivity contribution in [3.8, 4) is 0 Å². The van der Waals surface area contributed by atoms with E-state index in [4.69, 9.17) is 4.74 Å². The number of unbranched alkanes of at least 4 members (excludes halogenated alkanes) is 6. The van der Waals surface area contributed by atoms with Crippen LogP contribution in [0.4, 0.5) is 0 Å². The van der Waals surface area contributed by atoms with E-state index in [2.05, 4.69) is 26.5 Å². The summed E-state index contributed by atoms with van der Waals surface area (Å²) in [4.78, 5) is 0. The predicted molar refractivity (Wildman–Crippen MR) is 81.1 cm³/mol. The second kappa shape index (κ2) is 11.4. The van der Waals surface area contributed by atoms with E-state index < -0.39 is 0 Å². The third-order valence-corrected chi connectivity index (χ3v) is 3.98. The first-order valence-corrected chi connectivity index (χ1v) is 7.98. The summed E-state index contributed by atoms with van der Waals surface area (Å²) in [6, 6.07) is 0. The fourth-order valence-corrected chi connectivity index (χ4v) is 2.40. The molecule has 0 N–H and O–H groups in total. The van der Waals surface area contributed by atoms with E-state index in [1.807, 2.05) is 7.11 Å². The SMILES string of the molecule is CCCCCCCCCC(C)(CCCS)OC. The van der Waals surface area contributed by atoms with Gasteiger partial charge in [0.05, 0.1) is 5.60 Å². The number of ether oxygens (including phenoxy) is 1. The van der Waals surface area contributed by atoms with E-state index in [0.29, 0.717) is 0 Å². The number of methoxy groups -OCH3 is 1. The average Bonchev–Trinajstić information content (AvgIpc) is 2.35. The van der Waals surface area contributed by atoms with Crippen LogP contribution in [0.5, 0.6) is 0 Å². The summed E-state index contributed by atoms with van der Waals surface area (Å²) in [5.74, 6) is 0.968. The summed E-state index contributed by atoms with van der Waals surface area (Å²) in [6.07, 6.45) is 13.1. The number of rotatable bonds is 12. The Morgan fingerprint density at radius 1 is 0.882 bits per heavy atom. The van der Waals surface area contributed by atoms with Gasteiger partial charge in [-0.05, 0) is 31.9 Å². The van der Waals surface area contributed by atoms with Gasteiger partial charge in [0.25, 0.3) is 0 Å². The molecule has 1 atom stereocenters. The van der Waals surface area contributed by atoms with Crippen LogP contribution in [0.15, 0.2) is 0 Å². The molecule has 0 aliphatic heterocycles. The van der Waals surface area contributed by atoms with Crippen LogP contribution in [-0.2, 0) is 4.74 Å². The van der Waals surface area contributed by atoms with E-state index in [-0.39, 0.29) is 5.60 Å². The predicted octanol–water partition coefficient (Wildman–Crippen LogP) is 5.24. The van der Waals surface area contributed by atoms with Gasteiger partial charge >= 0.3 is 0 Å². The zero-order valence-corrected chi connectivity index (χ0v) is 13.0. The Balaban J connectivity index is 3.48. The van der Waals surface area contributed by atoms with E-state index in [1.54, 1.807) is 0 Å². The lowest BCUT2D eigenvalue weighted by molar-refractivity contribution is -0.0104. The summed E-state index contributed by atoms with van der Waals surface area (Å²) in [5.41, 5.74) is 0.0894. The lowest BCUT2D eigenvalue weighted by Gasteiger charge is -2.28. The molecule has 0 aliphatic carbocycles. The van der Waals surface area contributed by atoms with Gasteiger partial charge in [-0.15, -0.1) is 0 Å². The Labute approximate surface area is 114 Å². The zero-order chi connectivity index (χ0) is 13.0. The van der Waals surface area contributed by atoms with Gasteiger partial charge in [-0.25, -0.2) is 0 Å². The van der Waals surface area contributed by atoms with Crippen LogP contribution in [0.2, 0.25) is 0 Å². The molecule has 0 aromatic rings. The van der Waals surface area contributed by atoms with E-state index in [0.717, 1.165) is 18.6 Å². The number of thiol groups is 1. The van der Waals surface area contributed by atoms with Gasteiger partial charge in [-0.3, -0.25) is 0 Å². The summed E-state index contributed by atoms with van der Waals surface area (Å²) >= 11 is 4.27. The van der Waals surface area contributed by atoms with Crippen LogP contribution < -0.4 is 0 Å². The lowest BCUT2D eigenvalue weighted by atomic mass is 9.93. The summed E-state index contributed by atoms with van der Waals surface area (Å²) < 4.78 is 5.65. The maximum atomic E-state index is 5.65. The molecule has 0 spiro atoms. The van der Waals surface area contributed by atoms with Crippen molar-refractivity contribution in [2.75, 3.05) is 12.9 Å². The van der Waals surface area contributed by atoms with Gasteiger partial charge in [0.1, 0.15) is 0 Å². The third-order valence-electron chi connectivity index (χ3n) is 3.67. The van der Waals surface area contributed by atoms with Crippen LogP contribution in [0.25, 0.3) is 0 Å². The van der Waals surface area contributed by atoms with Crippen LogP contribution in [-0.4, -0.2) is 18.5 Å². The molecular formula is C15H32OS. The van der Waals surface area contributed by atoms with Crippen molar-refractivity contribution >= 4 is 12.6 Å². The molecule has 1 unspecified atom stereocenters. The molecule has 2 heteroatoms. The molecule has 104 valence electrons. The molecule has 17 heavy (non-hydrogen) atoms. The minimum absolute atomic E-state index is 0.0894. The van der Waals surface area contributed by atoms with Crippen molar-refractivity contribution in [1.29, 1.82) is 0 Å². The second-order valence-electron chi connectivity index (χ2n) is 5.35. The highest BCUT2D eigenvalue weighted by Crippen LogP contribution is 2.24. The van der Waals surface area contributed by atoms with E-state index in [9.17, 15) is 0 Å². The van der Waals surface area contributed by atoms with E-state index >= 15 is 0 Å². The molecule has 0 rings (SSSR count). The van der Waals surface area contributed by atoms with Crippen molar-refractivity contribution in [3.05, 3.63) is 0 Å². The first-order valence-electron chi connectivity index (χ1n) is 7.34. The highest BCUT2D eigenvalue weighted by atomic mass is 32.1. The number of hydrogen-bond donors (Lipinski definition) is 1. The summed E-state index contributed by atoms with van der Waals surface area (Å²) in [7, 11) is 1.85. The molecule has 0 aromatic heterocycles. The quantitative estimate of drug-likeness (QED) is 0.373. The Hall–Kier alpha value is 0.310. The largest absolute Gasteiger partial charge is 0.379 e. The molecular weight excluding hydrogens is 228 g/mol. The second-order valence-corrected chi connectivity index (χ2v) is 5.80. The molecule has 0 aromatic carbocycles. The molecule has 0 radical (unpaired) electrons. The first kappa shape index (κ1) is 17.3. The van der Waals surface area contributed by atoms with E-state index in [1.165, 1.54) is 51.4 Å². The van der Waals surface area contributed by atoms with Crippen molar-refractivity contribution in [2.45, 2.75) is 83.7 Å². The first-order chi connectivity index (χ1) is 8.18. The average molecular weight is 260 g/mol. The maximum Gasteiger partial charge on any atom is 0.0651 e. The molecule has 0 bridgehead atoms. The molecule has 0 fully saturated rings. The van der Waals surface area contributed by atoms with Crippen LogP contribution in [0.1, 0.15) is 78.1 Å². The lowest BCUT2D eigenvalue weighted by Crippen LogP contribution is -2.27. The summed E-state index contributed by atoms with van der Waals surface area (Å²) in [5, 5.41) is 0. The zero-order valence-electron chi connectivity index (χ0n) is 12.1. The van der Waals surface area contributed by atoms with Gasteiger partial charge in [-0.2, -0.15) is 12.6 Å². The molecule has 1 nitrogen and oxygen atoms in total. The fourth-order valence-electron chi connectivity index (χ4n) is 2.24. The Bertz CT molecular complexity index is 161. The van der Waals surface area contributed by atoms with Crippen molar-refractivity contribution in [1.82, 2.24) is 0 Å². The Morgan fingerprint density at radius 2 is 1.41 bits per heavy atom. The topological polar surface area (TPSA) is 9.23 Å². The van der Waals surface area contributed by atoms with Gasteiger partial charge < -0.3 is 4.74 Å². The van der Waals surface area contributed by atoms with Crippen molar-refractivity contribution in [3.63, 3.8) is 0 Å². The molecule has 0 amide bonds. The van der Waals surface area contributed by atoms with Crippen LogP contribution in [0.3, 0.4) is 0 Å². The smallest absolute Gasteiger partial charge is 0.0651 e. The normalized spacial score (nSPS) is 14.8. The maximum absolute atomic E-state index is 5.65. The highest BCUT2D eigenvalue weighted by molar-refractivity contribution is 7.80.